The third-order valence-electron chi connectivity index (χ3n) is 2.78. The molecule has 0 aliphatic heterocycles. The number of allylic oxidation sites excluding steroid dienone is 2. The molecule has 2 N–H and O–H groups in total. The van der Waals surface area contributed by atoms with Gasteiger partial charge in [0.25, 0.3) is 0 Å². The number of aliphatic hydroxyl groups is 1. The van der Waals surface area contributed by atoms with Gasteiger partial charge >= 0.3 is 0 Å². The predicted molar refractivity (Wildman–Crippen MR) is 78.7 cm³/mol. The minimum Gasteiger partial charge on any atom is -0.474 e. The van der Waals surface area contributed by atoms with Gasteiger partial charge in [0.05, 0.1) is 11.8 Å². The minimum absolute atomic E-state index is 0.0525. The van der Waals surface area contributed by atoms with E-state index in [-0.39, 0.29) is 12.2 Å². The minimum atomic E-state index is -0.963. The summed E-state index contributed by atoms with van der Waals surface area (Å²) in [6.45, 7) is 3.37. The third-order valence-corrected chi connectivity index (χ3v) is 2.78. The second kappa shape index (κ2) is 6.25. The number of H-pyrrole nitrogens is 1. The maximum Gasteiger partial charge on any atom is 0.233 e. The molecule has 0 amide bonds. The molecule has 0 atom stereocenters. The van der Waals surface area contributed by atoms with Crippen LogP contribution < -0.4 is 4.74 Å². The van der Waals surface area contributed by atoms with Crippen molar-refractivity contribution in [3.05, 3.63) is 29.6 Å². The highest BCUT2D eigenvalue weighted by molar-refractivity contribution is 5.75. The summed E-state index contributed by atoms with van der Waals surface area (Å²) >= 11 is 0. The molecule has 7 heteroatoms. The Balaban J connectivity index is 2.24. The number of ether oxygens (including phenoxy) is 1. The molecule has 112 valence electrons. The smallest absolute Gasteiger partial charge is 0.233 e. The Kier molecular flexibility index (Phi) is 4.40. The van der Waals surface area contributed by atoms with Gasteiger partial charge in [0.15, 0.2) is 5.65 Å². The zero-order valence-corrected chi connectivity index (χ0v) is 12.3. The van der Waals surface area contributed by atoms with Crippen LogP contribution in [0.3, 0.4) is 0 Å². The molecule has 0 spiro atoms. The van der Waals surface area contributed by atoms with Gasteiger partial charge in [-0.2, -0.15) is 10.5 Å². The van der Waals surface area contributed by atoms with Crippen molar-refractivity contribution in [3.63, 3.8) is 0 Å². The summed E-state index contributed by atoms with van der Waals surface area (Å²) in [5, 5.41) is 27.1. The molecule has 0 aromatic carbocycles. The number of nitriles is 2. The zero-order valence-electron chi connectivity index (χ0n) is 12.3. The largest absolute Gasteiger partial charge is 0.474 e. The van der Waals surface area contributed by atoms with Crippen molar-refractivity contribution in [2.24, 2.45) is 0 Å². The molecule has 0 aliphatic carbocycles. The van der Waals surface area contributed by atoms with Crippen LogP contribution in [-0.2, 0) is 6.42 Å². The van der Waals surface area contributed by atoms with Crippen LogP contribution in [0.4, 0.5) is 0 Å². The Morgan fingerprint density at radius 3 is 2.82 bits per heavy atom. The molecular weight excluding hydrogens is 282 g/mol. The predicted octanol–water partition coefficient (Wildman–Crippen LogP) is 1.62. The van der Waals surface area contributed by atoms with Gasteiger partial charge in [-0.15, -0.1) is 0 Å². The molecule has 0 radical (unpaired) electrons. The van der Waals surface area contributed by atoms with Gasteiger partial charge in [-0.1, -0.05) is 6.08 Å². The summed E-state index contributed by atoms with van der Waals surface area (Å²) < 4.78 is 5.41. The van der Waals surface area contributed by atoms with Crippen LogP contribution in [-0.4, -0.2) is 32.3 Å². The van der Waals surface area contributed by atoms with E-state index in [0.717, 1.165) is 5.56 Å². The molecule has 0 unspecified atom stereocenters. The Morgan fingerprint density at radius 1 is 1.45 bits per heavy atom. The molecule has 2 aromatic heterocycles. The fourth-order valence-corrected chi connectivity index (χ4v) is 1.73. The number of nitrogens with one attached hydrogen (secondary N) is 1. The van der Waals surface area contributed by atoms with Gasteiger partial charge in [-0.25, -0.2) is 9.97 Å². The molecule has 2 heterocycles. The molecule has 0 aliphatic rings. The Hall–Kier alpha value is -2.90. The first-order valence-corrected chi connectivity index (χ1v) is 6.61. The Morgan fingerprint density at radius 2 is 2.18 bits per heavy atom. The second-order valence-corrected chi connectivity index (χ2v) is 5.37. The van der Waals surface area contributed by atoms with Gasteiger partial charge in [-0.3, -0.25) is 0 Å². The van der Waals surface area contributed by atoms with Gasteiger partial charge in [-0.05, 0) is 20.3 Å². The number of hydrogen-bond donors (Lipinski definition) is 2. The van der Waals surface area contributed by atoms with Gasteiger partial charge in [0, 0.05) is 11.8 Å². The van der Waals surface area contributed by atoms with Crippen molar-refractivity contribution in [1.29, 1.82) is 10.5 Å². The van der Waals surface area contributed by atoms with E-state index >= 15 is 0 Å². The second-order valence-electron chi connectivity index (χ2n) is 5.37. The van der Waals surface area contributed by atoms with Crippen LogP contribution >= 0.6 is 0 Å². The highest BCUT2D eigenvalue weighted by atomic mass is 16.5. The van der Waals surface area contributed by atoms with Crippen LogP contribution in [0.2, 0.25) is 0 Å². The number of aromatic nitrogens is 3. The van der Waals surface area contributed by atoms with Crippen LogP contribution in [0.5, 0.6) is 5.88 Å². The fraction of sp³-hybridized carbons (Fsp3) is 0.333. The number of fused-ring (bicyclic) bond motifs is 1. The van der Waals surface area contributed by atoms with Gasteiger partial charge in [0.1, 0.15) is 29.8 Å². The monoisotopic (exact) mass is 297 g/mol. The summed E-state index contributed by atoms with van der Waals surface area (Å²) in [5.74, 6) is 0.306. The zero-order chi connectivity index (χ0) is 16.2. The standard InChI is InChI=1S/C15H15N5O2/c1-15(2,21)9-22-12-8-19-14-13(20-12)11(7-18-14)4-3-10(5-16)6-17/h3,7-8,21H,4,9H2,1-2H3,(H,18,19). The number of nitrogens with zero attached hydrogens (tertiary/aromatic N) is 4. The van der Waals surface area contributed by atoms with Crippen molar-refractivity contribution in [2.75, 3.05) is 6.61 Å². The summed E-state index contributed by atoms with van der Waals surface area (Å²) in [6, 6.07) is 3.62. The van der Waals surface area contributed by atoms with Crippen LogP contribution in [0, 0.1) is 22.7 Å². The third kappa shape index (κ3) is 3.81. The van der Waals surface area contributed by atoms with Crippen LogP contribution in [0.25, 0.3) is 11.2 Å². The van der Waals surface area contributed by atoms with E-state index in [1.54, 1.807) is 20.0 Å². The van der Waals surface area contributed by atoms with E-state index in [0.29, 0.717) is 23.5 Å². The van der Waals surface area contributed by atoms with E-state index in [9.17, 15) is 5.11 Å². The molecule has 0 saturated heterocycles. The first kappa shape index (κ1) is 15.5. The maximum atomic E-state index is 9.66. The van der Waals surface area contributed by atoms with E-state index in [1.165, 1.54) is 12.3 Å². The summed E-state index contributed by atoms with van der Waals surface area (Å²) in [4.78, 5) is 11.5. The first-order chi connectivity index (χ1) is 10.4. The average molecular weight is 297 g/mol. The Labute approximate surface area is 127 Å². The molecule has 2 aromatic rings. The lowest BCUT2D eigenvalue weighted by molar-refractivity contribution is 0.0268. The molecule has 22 heavy (non-hydrogen) atoms. The average Bonchev–Trinajstić information content (AvgIpc) is 2.88. The lowest BCUT2D eigenvalue weighted by Crippen LogP contribution is -2.28. The maximum absolute atomic E-state index is 9.66. The van der Waals surface area contributed by atoms with Crippen molar-refractivity contribution in [2.45, 2.75) is 25.9 Å². The quantitative estimate of drug-likeness (QED) is 0.809. The molecule has 0 bridgehead atoms. The SMILES string of the molecule is CC(C)(O)COc1cnc2[nH]cc(CC=C(C#N)C#N)c2n1. The van der Waals surface area contributed by atoms with E-state index in [1.807, 2.05) is 12.1 Å². The van der Waals surface area contributed by atoms with Gasteiger partial charge < -0.3 is 14.8 Å². The van der Waals surface area contributed by atoms with Gasteiger partial charge in [0.2, 0.25) is 5.88 Å². The highest BCUT2D eigenvalue weighted by Gasteiger charge is 2.15. The van der Waals surface area contributed by atoms with Crippen molar-refractivity contribution in [3.8, 4) is 18.0 Å². The fourth-order valence-electron chi connectivity index (χ4n) is 1.73. The lowest BCUT2D eigenvalue weighted by Gasteiger charge is -2.16. The Bertz CT molecular complexity index is 771. The molecule has 2 rings (SSSR count). The molecule has 0 saturated carbocycles. The van der Waals surface area contributed by atoms with Crippen molar-refractivity contribution in [1.82, 2.24) is 15.0 Å². The topological polar surface area (TPSA) is 119 Å². The van der Waals surface area contributed by atoms with E-state index in [2.05, 4.69) is 15.0 Å². The lowest BCUT2D eigenvalue weighted by atomic mass is 10.1. The molecule has 7 nitrogen and oxygen atoms in total. The highest BCUT2D eigenvalue weighted by Crippen LogP contribution is 2.19. The summed E-state index contributed by atoms with van der Waals surface area (Å²) in [7, 11) is 0. The van der Waals surface area contributed by atoms with Crippen molar-refractivity contribution >= 4 is 11.2 Å². The molecular formula is C15H15N5O2. The van der Waals surface area contributed by atoms with Crippen LogP contribution in [0.15, 0.2) is 24.0 Å². The van der Waals surface area contributed by atoms with E-state index in [4.69, 9.17) is 15.3 Å². The molecule has 0 fully saturated rings. The summed E-state index contributed by atoms with van der Waals surface area (Å²) in [6.07, 6.45) is 5.13. The van der Waals surface area contributed by atoms with E-state index < -0.39 is 5.60 Å². The van der Waals surface area contributed by atoms with Crippen LogP contribution in [0.1, 0.15) is 19.4 Å². The number of rotatable bonds is 5. The number of hydrogen-bond acceptors (Lipinski definition) is 6. The van der Waals surface area contributed by atoms with Crippen molar-refractivity contribution < 1.29 is 9.84 Å². The normalized spacial score (nSPS) is 10.8. The summed E-state index contributed by atoms with van der Waals surface area (Å²) in [5.41, 5.74) is 1.10. The first-order valence-electron chi connectivity index (χ1n) is 6.61. The number of aromatic amines is 1.